The summed E-state index contributed by atoms with van der Waals surface area (Å²) < 4.78 is 5.15. The van der Waals surface area contributed by atoms with Crippen LogP contribution in [0.3, 0.4) is 0 Å². The minimum atomic E-state index is 0.758. The van der Waals surface area contributed by atoms with Gasteiger partial charge < -0.3 is 9.64 Å². The van der Waals surface area contributed by atoms with Crippen molar-refractivity contribution in [3.63, 3.8) is 0 Å². The number of hydrogen-bond acceptors (Lipinski definition) is 2. The Balaban J connectivity index is 2.92. The molecule has 0 N–H and O–H groups in total. The molecular formula is C13H18N2O. The van der Waals surface area contributed by atoms with Crippen molar-refractivity contribution in [3.8, 4) is 5.75 Å². The number of benzene rings is 1. The minimum Gasteiger partial charge on any atom is -0.497 e. The van der Waals surface area contributed by atoms with Gasteiger partial charge in [0, 0.05) is 19.7 Å². The molecule has 0 aromatic heterocycles. The summed E-state index contributed by atoms with van der Waals surface area (Å²) in [4.78, 5) is 6.15. The van der Waals surface area contributed by atoms with Crippen molar-refractivity contribution in [3.05, 3.63) is 35.9 Å². The third kappa shape index (κ3) is 3.12. The molecule has 1 rings (SSSR count). The van der Waals surface area contributed by atoms with E-state index >= 15 is 0 Å². The zero-order valence-electron chi connectivity index (χ0n) is 10.3. The Bertz CT molecular complexity index is 408. The third-order valence-electron chi connectivity index (χ3n) is 2.19. The van der Waals surface area contributed by atoms with Crippen molar-refractivity contribution < 1.29 is 4.74 Å². The van der Waals surface area contributed by atoms with Crippen LogP contribution >= 0.6 is 0 Å². The van der Waals surface area contributed by atoms with Crippen LogP contribution in [-0.2, 0) is 0 Å². The van der Waals surface area contributed by atoms with Crippen molar-refractivity contribution in [1.82, 2.24) is 4.90 Å². The van der Waals surface area contributed by atoms with E-state index in [-0.39, 0.29) is 0 Å². The van der Waals surface area contributed by atoms with Crippen LogP contribution in [0.2, 0.25) is 0 Å². The first-order valence-electron chi connectivity index (χ1n) is 5.09. The molecule has 86 valence electrons. The highest BCUT2D eigenvalue weighted by Gasteiger charge is 2.02. The molecule has 0 bridgehead atoms. The molecule has 3 heteroatoms. The first kappa shape index (κ1) is 12.3. The van der Waals surface area contributed by atoms with E-state index in [9.17, 15) is 0 Å². The zero-order valence-corrected chi connectivity index (χ0v) is 10.3. The molecule has 0 atom stereocenters. The fourth-order valence-corrected chi connectivity index (χ4v) is 1.34. The summed E-state index contributed by atoms with van der Waals surface area (Å²) in [6, 6.07) is 5.87. The molecule has 0 saturated carbocycles. The molecule has 3 nitrogen and oxygen atoms in total. The Morgan fingerprint density at radius 1 is 1.44 bits per heavy atom. The van der Waals surface area contributed by atoms with Gasteiger partial charge in [0.2, 0.25) is 0 Å². The van der Waals surface area contributed by atoms with E-state index < -0.39 is 0 Å². The Morgan fingerprint density at radius 3 is 2.62 bits per heavy atom. The smallest absolute Gasteiger partial charge is 0.119 e. The van der Waals surface area contributed by atoms with Gasteiger partial charge in [0.1, 0.15) is 5.75 Å². The van der Waals surface area contributed by atoms with Crippen molar-refractivity contribution in [2.75, 3.05) is 21.2 Å². The second-order valence-corrected chi connectivity index (χ2v) is 3.84. The predicted octanol–water partition coefficient (Wildman–Crippen LogP) is 2.56. The Labute approximate surface area is 97.1 Å². The lowest BCUT2D eigenvalue weighted by Gasteiger charge is -2.08. The van der Waals surface area contributed by atoms with Crippen LogP contribution in [0.4, 0.5) is 0 Å². The molecule has 0 aliphatic carbocycles. The van der Waals surface area contributed by atoms with Crippen LogP contribution in [0, 0.1) is 6.92 Å². The van der Waals surface area contributed by atoms with E-state index in [4.69, 9.17) is 4.74 Å². The van der Waals surface area contributed by atoms with Crippen molar-refractivity contribution in [1.29, 1.82) is 0 Å². The average Bonchev–Trinajstić information content (AvgIpc) is 2.25. The van der Waals surface area contributed by atoms with Crippen LogP contribution < -0.4 is 4.74 Å². The Morgan fingerprint density at radius 2 is 2.12 bits per heavy atom. The van der Waals surface area contributed by atoms with E-state index in [0.29, 0.717) is 0 Å². The van der Waals surface area contributed by atoms with E-state index in [0.717, 1.165) is 22.6 Å². The molecule has 0 radical (unpaired) electrons. The van der Waals surface area contributed by atoms with Gasteiger partial charge in [-0.1, -0.05) is 6.58 Å². The molecule has 1 aromatic rings. The number of aryl methyl sites for hydroxylation is 1. The van der Waals surface area contributed by atoms with Crippen LogP contribution in [-0.4, -0.2) is 32.4 Å². The molecule has 0 saturated heterocycles. The number of rotatable bonds is 4. The summed E-state index contributed by atoms with van der Waals surface area (Å²) in [6.07, 6.45) is 1.74. The van der Waals surface area contributed by atoms with E-state index in [1.54, 1.807) is 13.4 Å². The number of aliphatic imine (C=N–C) groups is 1. The number of nitrogens with zero attached hydrogens (tertiary/aromatic N) is 2. The van der Waals surface area contributed by atoms with Crippen LogP contribution in [0.15, 0.2) is 29.8 Å². The summed E-state index contributed by atoms with van der Waals surface area (Å²) in [5.74, 6) is 0.852. The van der Waals surface area contributed by atoms with Gasteiger partial charge in [-0.3, -0.25) is 0 Å². The van der Waals surface area contributed by atoms with Gasteiger partial charge in [-0.05, 0) is 30.7 Å². The molecule has 0 amide bonds. The molecule has 0 aliphatic rings. The fourth-order valence-electron chi connectivity index (χ4n) is 1.34. The van der Waals surface area contributed by atoms with Crippen molar-refractivity contribution in [2.24, 2.45) is 4.99 Å². The lowest BCUT2D eigenvalue weighted by molar-refractivity contribution is 0.414. The van der Waals surface area contributed by atoms with Gasteiger partial charge in [0.05, 0.1) is 19.1 Å². The summed E-state index contributed by atoms with van der Waals surface area (Å²) >= 11 is 0. The van der Waals surface area contributed by atoms with Gasteiger partial charge in [0.15, 0.2) is 0 Å². The van der Waals surface area contributed by atoms with Crippen molar-refractivity contribution in [2.45, 2.75) is 6.92 Å². The molecule has 16 heavy (non-hydrogen) atoms. The van der Waals surface area contributed by atoms with E-state index in [2.05, 4.69) is 11.6 Å². The monoisotopic (exact) mass is 218 g/mol. The highest BCUT2D eigenvalue weighted by Crippen LogP contribution is 2.22. The maximum atomic E-state index is 5.15. The summed E-state index contributed by atoms with van der Waals surface area (Å²) in [7, 11) is 5.52. The van der Waals surface area contributed by atoms with Gasteiger partial charge >= 0.3 is 0 Å². The maximum absolute atomic E-state index is 5.15. The molecule has 0 fully saturated rings. The van der Waals surface area contributed by atoms with Gasteiger partial charge in [-0.2, -0.15) is 0 Å². The normalized spacial score (nSPS) is 10.5. The molecule has 1 aromatic carbocycles. The molecule has 0 heterocycles. The average molecular weight is 218 g/mol. The molecule has 0 unspecified atom stereocenters. The van der Waals surface area contributed by atoms with Crippen LogP contribution in [0.25, 0.3) is 5.70 Å². The highest BCUT2D eigenvalue weighted by molar-refractivity contribution is 5.73. The molecular weight excluding hydrogens is 200 g/mol. The molecule has 0 spiro atoms. The van der Waals surface area contributed by atoms with E-state index in [1.807, 2.05) is 44.1 Å². The summed E-state index contributed by atoms with van der Waals surface area (Å²) in [6.45, 7) is 5.97. The summed E-state index contributed by atoms with van der Waals surface area (Å²) in [5, 5.41) is 0. The largest absolute Gasteiger partial charge is 0.497 e. The van der Waals surface area contributed by atoms with Crippen LogP contribution in [0.1, 0.15) is 11.1 Å². The predicted molar refractivity (Wildman–Crippen MR) is 68.9 cm³/mol. The lowest BCUT2D eigenvalue weighted by Crippen LogP contribution is -2.07. The highest BCUT2D eigenvalue weighted by atomic mass is 16.5. The number of ether oxygens (including phenoxy) is 1. The summed E-state index contributed by atoms with van der Waals surface area (Å²) in [5.41, 5.74) is 2.91. The fraction of sp³-hybridized carbons (Fsp3) is 0.308. The second kappa shape index (κ2) is 5.35. The van der Waals surface area contributed by atoms with Gasteiger partial charge in [-0.25, -0.2) is 4.99 Å². The minimum absolute atomic E-state index is 0.758. The quantitative estimate of drug-likeness (QED) is 0.573. The topological polar surface area (TPSA) is 24.8 Å². The molecule has 0 aliphatic heterocycles. The lowest BCUT2D eigenvalue weighted by atomic mass is 10.1. The maximum Gasteiger partial charge on any atom is 0.119 e. The standard InChI is InChI=1S/C13H18N2O/c1-10-8-12(16-5)6-7-13(10)11(2)14-9-15(3)4/h6-9H,2H2,1,3-5H3. The van der Waals surface area contributed by atoms with Crippen LogP contribution in [0.5, 0.6) is 5.75 Å². The van der Waals surface area contributed by atoms with Gasteiger partial charge in [0.25, 0.3) is 0 Å². The Hall–Kier alpha value is -1.77. The first-order valence-corrected chi connectivity index (χ1v) is 5.09. The van der Waals surface area contributed by atoms with Crippen molar-refractivity contribution >= 4 is 12.0 Å². The van der Waals surface area contributed by atoms with E-state index in [1.165, 1.54) is 0 Å². The number of methoxy groups -OCH3 is 1. The number of hydrogen-bond donors (Lipinski definition) is 0. The Kier molecular flexibility index (Phi) is 4.11. The third-order valence-corrected chi connectivity index (χ3v) is 2.19. The SMILES string of the molecule is C=C(N=CN(C)C)c1ccc(OC)cc1C. The zero-order chi connectivity index (χ0) is 12.1. The second-order valence-electron chi connectivity index (χ2n) is 3.84. The first-order chi connectivity index (χ1) is 7.54. The van der Waals surface area contributed by atoms with Gasteiger partial charge in [-0.15, -0.1) is 0 Å².